The van der Waals surface area contributed by atoms with E-state index in [1.54, 1.807) is 6.92 Å². The van der Waals surface area contributed by atoms with Crippen LogP contribution in [0.15, 0.2) is 11.0 Å². The second-order valence-electron chi connectivity index (χ2n) is 7.96. The van der Waals surface area contributed by atoms with Gasteiger partial charge in [0.25, 0.3) is 0 Å². The Balaban J connectivity index is 2.85. The normalized spacial score (nSPS) is 31.5. The van der Waals surface area contributed by atoms with Crippen molar-refractivity contribution in [3.05, 3.63) is 22.5 Å². The lowest BCUT2D eigenvalue weighted by Crippen LogP contribution is -2.68. The molecule has 136 valence electrons. The molecular weight excluding hydrogens is 333 g/mol. The molecule has 2 heterocycles. The zero-order chi connectivity index (χ0) is 18.7. The van der Waals surface area contributed by atoms with Gasteiger partial charge in [0.2, 0.25) is 0 Å². The van der Waals surface area contributed by atoms with E-state index >= 15 is 0 Å². The van der Waals surface area contributed by atoms with Crippen molar-refractivity contribution < 1.29 is 19.3 Å². The number of hydrogen-bond acceptors (Lipinski definition) is 6. The fourth-order valence-corrected chi connectivity index (χ4v) is 6.38. The second-order valence-corrected chi connectivity index (χ2v) is 13.4. The Bertz CT molecular complexity index is 703. The third-order valence-corrected chi connectivity index (χ3v) is 11.8. The highest BCUT2D eigenvalue weighted by atomic mass is 28.3. The molecule has 0 unspecified atom stereocenters. The van der Waals surface area contributed by atoms with E-state index < -0.39 is 49.1 Å². The van der Waals surface area contributed by atoms with Gasteiger partial charge in [0.05, 0.1) is 12.3 Å². The van der Waals surface area contributed by atoms with Crippen LogP contribution in [0.3, 0.4) is 0 Å². The van der Waals surface area contributed by atoms with Crippen LogP contribution >= 0.6 is 0 Å². The van der Waals surface area contributed by atoms with Gasteiger partial charge in [-0.05, 0) is 12.0 Å². The lowest BCUT2D eigenvalue weighted by molar-refractivity contribution is -0.0870. The van der Waals surface area contributed by atoms with Gasteiger partial charge in [-0.1, -0.05) is 33.9 Å². The minimum absolute atomic E-state index is 0.338. The fourth-order valence-electron chi connectivity index (χ4n) is 3.15. The largest absolute Gasteiger partial charge is 0.388 e. The Kier molecular flexibility index (Phi) is 4.46. The molecule has 1 fully saturated rings. The van der Waals surface area contributed by atoms with E-state index in [0.717, 1.165) is 10.8 Å². The third-order valence-electron chi connectivity index (χ3n) is 5.61. The average molecular weight is 359 g/mol. The summed E-state index contributed by atoms with van der Waals surface area (Å²) in [5, 5.41) is 19.2. The number of hydrogen-bond donors (Lipinski definition) is 3. The number of halogens is 1. The Labute approximate surface area is 141 Å². The van der Waals surface area contributed by atoms with Gasteiger partial charge >= 0.3 is 5.69 Å². The Hall–Kier alpha value is -1.29. The predicted octanol–water partition coefficient (Wildman–Crippen LogP) is 0.806. The molecule has 0 bridgehead atoms. The van der Waals surface area contributed by atoms with Gasteiger partial charge < -0.3 is 20.7 Å². The van der Waals surface area contributed by atoms with Crippen molar-refractivity contribution in [1.29, 1.82) is 0 Å². The first-order valence-corrected chi connectivity index (χ1v) is 10.9. The molecule has 1 aromatic rings. The maximum Gasteiger partial charge on any atom is 0.351 e. The molecule has 7 nitrogen and oxygen atoms in total. The number of anilines is 1. The summed E-state index contributed by atoms with van der Waals surface area (Å²) in [6, 6.07) is 0. The number of aliphatic hydroxyl groups is 2. The quantitative estimate of drug-likeness (QED) is 0.674. The summed E-state index contributed by atoms with van der Waals surface area (Å²) in [6.07, 6.45) is -2.40. The van der Waals surface area contributed by atoms with Crippen LogP contribution in [0.25, 0.3) is 0 Å². The van der Waals surface area contributed by atoms with Gasteiger partial charge in [-0.25, -0.2) is 9.18 Å². The van der Waals surface area contributed by atoms with E-state index in [1.807, 2.05) is 33.9 Å². The van der Waals surface area contributed by atoms with Gasteiger partial charge in [0.1, 0.15) is 20.3 Å². The van der Waals surface area contributed by atoms with Crippen molar-refractivity contribution in [2.75, 3.05) is 5.73 Å². The molecule has 0 aromatic carbocycles. The fraction of sp³-hybridized carbons (Fsp3) is 0.733. The van der Waals surface area contributed by atoms with Crippen LogP contribution < -0.4 is 11.4 Å². The highest BCUT2D eigenvalue weighted by molar-refractivity contribution is 6.82. The highest BCUT2D eigenvalue weighted by Gasteiger charge is 2.66. The van der Waals surface area contributed by atoms with Crippen LogP contribution in [-0.2, 0) is 10.1 Å². The SMILES string of the molecule is C[C@H]1O[C@](n2cc(F)c(N)nc2=O)([Si](C)(C)C(C)(C)C)[C@H](O)[C@@H]1O. The summed E-state index contributed by atoms with van der Waals surface area (Å²) >= 11 is 0. The number of rotatable bonds is 2. The number of aromatic nitrogens is 2. The summed E-state index contributed by atoms with van der Waals surface area (Å²) in [6.45, 7) is 11.4. The number of nitrogens with zero attached hydrogens (tertiary/aromatic N) is 2. The van der Waals surface area contributed by atoms with E-state index in [-0.39, 0.29) is 5.04 Å². The molecule has 0 aliphatic carbocycles. The first-order valence-electron chi connectivity index (χ1n) is 7.86. The summed E-state index contributed by atoms with van der Waals surface area (Å²) < 4.78 is 21.0. The first kappa shape index (κ1) is 19.0. The highest BCUT2D eigenvalue weighted by Crippen LogP contribution is 2.51. The molecule has 1 aliphatic rings. The molecule has 2 rings (SSSR count). The molecule has 0 amide bonds. The molecule has 0 spiro atoms. The summed E-state index contributed by atoms with van der Waals surface area (Å²) in [4.78, 5) is 16.0. The van der Waals surface area contributed by atoms with Crippen molar-refractivity contribution in [3.8, 4) is 0 Å². The van der Waals surface area contributed by atoms with E-state index in [2.05, 4.69) is 4.98 Å². The van der Waals surface area contributed by atoms with E-state index in [9.17, 15) is 19.4 Å². The lowest BCUT2D eigenvalue weighted by atomic mass is 10.1. The Morgan fingerprint density at radius 3 is 2.38 bits per heavy atom. The molecule has 4 atom stereocenters. The summed E-state index contributed by atoms with van der Waals surface area (Å²) in [7, 11) is -2.70. The van der Waals surface area contributed by atoms with E-state index in [1.165, 1.54) is 0 Å². The van der Waals surface area contributed by atoms with Gasteiger partial charge in [0.15, 0.2) is 17.0 Å². The zero-order valence-electron chi connectivity index (χ0n) is 14.9. The maximum absolute atomic E-state index is 14.1. The second kappa shape index (κ2) is 5.62. The van der Waals surface area contributed by atoms with Crippen LogP contribution in [0.4, 0.5) is 10.2 Å². The monoisotopic (exact) mass is 359 g/mol. The van der Waals surface area contributed by atoms with Gasteiger partial charge in [-0.2, -0.15) is 4.98 Å². The smallest absolute Gasteiger partial charge is 0.351 e. The molecular formula is C15H26FN3O4Si. The Morgan fingerprint density at radius 1 is 1.42 bits per heavy atom. The van der Waals surface area contributed by atoms with E-state index in [0.29, 0.717) is 0 Å². The first-order chi connectivity index (χ1) is 10.8. The van der Waals surface area contributed by atoms with Crippen LogP contribution in [0.2, 0.25) is 18.1 Å². The standard InChI is InChI=1S/C15H26FN3O4Si/c1-8-10(20)11(21)15(23-8,24(5,6)14(2,3)4)19-7-9(16)12(17)18-13(19)22/h7-8,10-11,20-21H,1-6H3,(H2,17,18,22)/t8-,10-,11-,15+/m1/s1. The molecule has 4 N–H and O–H groups in total. The third kappa shape index (κ3) is 2.41. The molecule has 9 heteroatoms. The van der Waals surface area contributed by atoms with Crippen LogP contribution in [0.5, 0.6) is 0 Å². The molecule has 24 heavy (non-hydrogen) atoms. The van der Waals surface area contributed by atoms with Gasteiger partial charge in [0, 0.05) is 0 Å². The summed E-state index contributed by atoms with van der Waals surface area (Å²) in [5.41, 5.74) is 4.55. The topological polar surface area (TPSA) is 111 Å². The van der Waals surface area contributed by atoms with Gasteiger partial charge in [-0.3, -0.25) is 4.57 Å². The Morgan fingerprint density at radius 2 is 1.96 bits per heavy atom. The lowest BCUT2D eigenvalue weighted by Gasteiger charge is -2.51. The average Bonchev–Trinajstić information content (AvgIpc) is 2.67. The van der Waals surface area contributed by atoms with Crippen molar-refractivity contribution in [2.24, 2.45) is 0 Å². The molecule has 0 saturated carbocycles. The maximum atomic E-state index is 14.1. The van der Waals surface area contributed by atoms with Crippen molar-refractivity contribution in [3.63, 3.8) is 0 Å². The van der Waals surface area contributed by atoms with Crippen LogP contribution in [0, 0.1) is 5.82 Å². The number of aliphatic hydroxyl groups excluding tert-OH is 2. The van der Waals surface area contributed by atoms with Crippen molar-refractivity contribution in [1.82, 2.24) is 9.55 Å². The molecule has 1 aliphatic heterocycles. The molecule has 1 aromatic heterocycles. The van der Waals surface area contributed by atoms with Crippen molar-refractivity contribution in [2.45, 2.75) is 69.5 Å². The zero-order valence-corrected chi connectivity index (χ0v) is 15.9. The van der Waals surface area contributed by atoms with Gasteiger partial charge in [-0.15, -0.1) is 0 Å². The number of nitrogens with two attached hydrogens (primary N) is 1. The molecule has 0 radical (unpaired) electrons. The van der Waals surface area contributed by atoms with E-state index in [4.69, 9.17) is 10.5 Å². The van der Waals surface area contributed by atoms with Crippen LogP contribution in [0.1, 0.15) is 27.7 Å². The number of ether oxygens (including phenoxy) is 1. The minimum Gasteiger partial charge on any atom is -0.388 e. The van der Waals surface area contributed by atoms with Crippen LogP contribution in [-0.4, -0.2) is 46.1 Å². The minimum atomic E-state index is -2.70. The number of nitrogen functional groups attached to an aromatic ring is 1. The molecule has 1 saturated heterocycles. The predicted molar refractivity (Wildman–Crippen MR) is 90.6 cm³/mol. The summed E-state index contributed by atoms with van der Waals surface area (Å²) in [5.74, 6) is -1.39. The van der Waals surface area contributed by atoms with Crippen molar-refractivity contribution >= 4 is 13.9 Å².